The van der Waals surface area contributed by atoms with Gasteiger partial charge in [-0.25, -0.2) is 4.79 Å². The van der Waals surface area contributed by atoms with E-state index in [0.29, 0.717) is 61.6 Å². The summed E-state index contributed by atoms with van der Waals surface area (Å²) in [4.78, 5) is 31.2. The van der Waals surface area contributed by atoms with E-state index in [1.54, 1.807) is 0 Å². The van der Waals surface area contributed by atoms with Crippen molar-refractivity contribution in [2.45, 2.75) is 110 Å². The zero-order chi connectivity index (χ0) is 40.7. The van der Waals surface area contributed by atoms with Gasteiger partial charge in [-0.05, 0) is 141 Å². The second-order valence-electron chi connectivity index (χ2n) is 19.1. The molecule has 4 aromatic rings. The summed E-state index contributed by atoms with van der Waals surface area (Å²) in [6.07, 6.45) is 9.86. The van der Waals surface area contributed by atoms with Crippen molar-refractivity contribution in [2.24, 2.45) is 28.6 Å². The van der Waals surface area contributed by atoms with Crippen molar-refractivity contribution in [3.63, 3.8) is 0 Å². The van der Waals surface area contributed by atoms with Crippen LogP contribution in [0, 0.1) is 28.6 Å². The Morgan fingerprint density at radius 2 is 1.53 bits per heavy atom. The molecule has 0 saturated heterocycles. The lowest BCUT2D eigenvalue weighted by Crippen LogP contribution is -2.58. The minimum absolute atomic E-state index is 0.0471. The Labute approximate surface area is 345 Å². The van der Waals surface area contributed by atoms with Crippen LogP contribution in [0.3, 0.4) is 0 Å². The van der Waals surface area contributed by atoms with Gasteiger partial charge in [-0.1, -0.05) is 117 Å². The van der Waals surface area contributed by atoms with E-state index in [0.717, 1.165) is 53.1 Å². The van der Waals surface area contributed by atoms with Crippen LogP contribution in [0.5, 0.6) is 0 Å². The molecule has 7 atom stereocenters. The first-order chi connectivity index (χ1) is 27.8. The summed E-state index contributed by atoms with van der Waals surface area (Å²) >= 11 is 0. The molecule has 2 amide bonds. The third-order valence-electron chi connectivity index (χ3n) is 15.4. The lowest BCUT2D eigenvalue weighted by molar-refractivity contribution is -0.117. The highest BCUT2D eigenvalue weighted by Crippen LogP contribution is 2.62. The minimum atomic E-state index is -1.21. The van der Waals surface area contributed by atoms with Gasteiger partial charge in [0.15, 0.2) is 5.78 Å². The summed E-state index contributed by atoms with van der Waals surface area (Å²) < 4.78 is 0. The SMILES string of the molecule is CC1=CCC[C@@]2(C)[C@@H](CC[C@@]2(O)CN(C[C@@H]2CC[C@H]3C[C@@H]2C3(C)C)C(=O)Nc2ccccc2)c2ccc(cc2C(=O)c2ccc(-c3ccccc3)cc2)C[C@@H](O)CC1. The van der Waals surface area contributed by atoms with Crippen LogP contribution in [0.1, 0.15) is 118 Å². The lowest BCUT2D eigenvalue weighted by Gasteiger charge is -2.60. The van der Waals surface area contributed by atoms with Crippen molar-refractivity contribution in [1.82, 2.24) is 4.90 Å². The number of aliphatic hydroxyl groups excluding tert-OH is 1. The van der Waals surface area contributed by atoms with Gasteiger partial charge in [0.05, 0.1) is 18.2 Å². The number of amides is 2. The molecule has 4 fully saturated rings. The van der Waals surface area contributed by atoms with E-state index in [1.807, 2.05) is 83.8 Å². The highest BCUT2D eigenvalue weighted by atomic mass is 16.3. The van der Waals surface area contributed by atoms with E-state index in [1.165, 1.54) is 18.4 Å². The minimum Gasteiger partial charge on any atom is -0.393 e. The summed E-state index contributed by atoms with van der Waals surface area (Å²) in [5, 5.41) is 27.6. The number of para-hydroxylation sites is 1. The third-order valence-corrected chi connectivity index (χ3v) is 15.4. The lowest BCUT2D eigenvalue weighted by atomic mass is 9.45. The summed E-state index contributed by atoms with van der Waals surface area (Å²) in [6, 6.07) is 33.7. The fraction of sp³-hybridized carbons (Fsp3) is 0.462. The number of fused-ring (bicyclic) bond motifs is 10. The van der Waals surface area contributed by atoms with Gasteiger partial charge in [-0.2, -0.15) is 0 Å². The molecule has 0 unspecified atom stereocenters. The molecule has 6 nitrogen and oxygen atoms in total. The summed E-state index contributed by atoms with van der Waals surface area (Å²) in [7, 11) is 0. The van der Waals surface area contributed by atoms with Gasteiger partial charge in [-0.3, -0.25) is 4.79 Å². The first-order valence-corrected chi connectivity index (χ1v) is 21.8. The number of hydrogen-bond acceptors (Lipinski definition) is 4. The van der Waals surface area contributed by atoms with Crippen LogP contribution in [0.2, 0.25) is 0 Å². The highest BCUT2D eigenvalue weighted by molar-refractivity contribution is 6.10. The molecule has 4 bridgehead atoms. The van der Waals surface area contributed by atoms with Gasteiger partial charge in [0, 0.05) is 28.8 Å². The molecule has 0 aromatic heterocycles. The highest BCUT2D eigenvalue weighted by Gasteiger charge is 2.59. The van der Waals surface area contributed by atoms with Gasteiger partial charge in [-0.15, -0.1) is 0 Å². The number of nitrogens with zero attached hydrogens (tertiary/aromatic N) is 1. The third kappa shape index (κ3) is 7.82. The van der Waals surface area contributed by atoms with Gasteiger partial charge in [0.2, 0.25) is 0 Å². The normalized spacial score (nSPS) is 29.0. The Morgan fingerprint density at radius 1 is 0.828 bits per heavy atom. The number of nitrogens with one attached hydrogen (secondary N) is 1. The average Bonchev–Trinajstić information content (AvgIpc) is 3.48. The number of aliphatic hydroxyl groups is 2. The number of urea groups is 1. The van der Waals surface area contributed by atoms with E-state index < -0.39 is 17.1 Å². The molecule has 6 heteroatoms. The van der Waals surface area contributed by atoms with Crippen molar-refractivity contribution in [1.29, 1.82) is 0 Å². The fourth-order valence-electron chi connectivity index (χ4n) is 11.5. The Kier molecular flexibility index (Phi) is 11.3. The van der Waals surface area contributed by atoms with E-state index in [4.69, 9.17) is 0 Å². The number of rotatable bonds is 8. The molecule has 4 aromatic carbocycles. The van der Waals surface area contributed by atoms with Crippen molar-refractivity contribution >= 4 is 17.5 Å². The summed E-state index contributed by atoms with van der Waals surface area (Å²) in [5.41, 5.74) is 5.69. The Morgan fingerprint density at radius 3 is 2.24 bits per heavy atom. The van der Waals surface area contributed by atoms with Crippen molar-refractivity contribution in [3.8, 4) is 11.1 Å². The maximum atomic E-state index is 14.8. The summed E-state index contributed by atoms with van der Waals surface area (Å²) in [5.74, 6) is 1.53. The van der Waals surface area contributed by atoms with Crippen LogP contribution in [0.15, 0.2) is 115 Å². The molecular weight excluding hydrogens is 717 g/mol. The van der Waals surface area contributed by atoms with Crippen LogP contribution in [-0.2, 0) is 6.42 Å². The van der Waals surface area contributed by atoms with Crippen molar-refractivity contribution < 1.29 is 19.8 Å². The maximum absolute atomic E-state index is 14.8. The average molecular weight is 779 g/mol. The largest absolute Gasteiger partial charge is 0.393 e. The first kappa shape index (κ1) is 40.3. The smallest absolute Gasteiger partial charge is 0.321 e. The monoisotopic (exact) mass is 778 g/mol. The number of anilines is 1. The second-order valence-corrected chi connectivity index (χ2v) is 19.1. The number of carbonyl (C=O) groups is 2. The number of hydrogen-bond donors (Lipinski definition) is 3. The molecule has 58 heavy (non-hydrogen) atoms. The molecule has 304 valence electrons. The first-order valence-electron chi connectivity index (χ1n) is 21.8. The Hall–Kier alpha value is -4.52. The van der Waals surface area contributed by atoms with E-state index >= 15 is 0 Å². The number of benzene rings is 4. The van der Waals surface area contributed by atoms with Gasteiger partial charge >= 0.3 is 6.03 Å². The Balaban J connectivity index is 1.16. The van der Waals surface area contributed by atoms with E-state index in [9.17, 15) is 19.8 Å². The van der Waals surface area contributed by atoms with Crippen molar-refractivity contribution in [3.05, 3.63) is 137 Å². The number of ketones is 1. The quantitative estimate of drug-likeness (QED) is 0.123. The molecule has 0 aliphatic heterocycles. The number of allylic oxidation sites excluding steroid dienone is 2. The second kappa shape index (κ2) is 16.3. The van der Waals surface area contributed by atoms with Gasteiger partial charge < -0.3 is 20.4 Å². The van der Waals surface area contributed by atoms with Crippen LogP contribution in [0.4, 0.5) is 10.5 Å². The molecule has 3 N–H and O–H groups in total. The van der Waals surface area contributed by atoms with Gasteiger partial charge in [0.25, 0.3) is 0 Å². The standard InChI is InChI=1S/C52H62N2O4/c1-35-12-11-28-51(4)46(27-29-52(51,58)34-54(49(57)53-42-15-9-6-10-16-42)33-40-23-24-41-32-47(40)50(41,2)3)44-26-18-36(30-43(55)25-17-35)31-45(44)48(56)39-21-19-38(20-22-39)37-13-7-5-8-14-37/h5-10,12-16,18-22,26,31,40-41,43,46-47,55,58H,11,17,23-25,27-30,32-34H2,1-4H3,(H,53,57)/t40-,41-,43-,46-,47-,51-,52+/m0/s1. The fourth-order valence-corrected chi connectivity index (χ4v) is 11.5. The zero-order valence-corrected chi connectivity index (χ0v) is 34.9. The molecular formula is C52H62N2O4. The molecule has 0 spiro atoms. The van der Waals surface area contributed by atoms with Crippen LogP contribution in [-0.4, -0.2) is 51.7 Å². The predicted molar refractivity (Wildman–Crippen MR) is 234 cm³/mol. The maximum Gasteiger partial charge on any atom is 0.321 e. The molecule has 0 heterocycles. The predicted octanol–water partition coefficient (Wildman–Crippen LogP) is 11.2. The topological polar surface area (TPSA) is 89.9 Å². The van der Waals surface area contributed by atoms with E-state index in [-0.39, 0.29) is 29.7 Å². The molecule has 6 aliphatic rings. The Bertz CT molecular complexity index is 2130. The summed E-state index contributed by atoms with van der Waals surface area (Å²) in [6.45, 7) is 9.99. The van der Waals surface area contributed by atoms with Gasteiger partial charge in [0.1, 0.15) is 0 Å². The van der Waals surface area contributed by atoms with Crippen LogP contribution < -0.4 is 5.32 Å². The molecule has 10 rings (SSSR count). The van der Waals surface area contributed by atoms with Crippen LogP contribution >= 0.6 is 0 Å². The molecule has 4 saturated carbocycles. The zero-order valence-electron chi connectivity index (χ0n) is 34.9. The van der Waals surface area contributed by atoms with E-state index in [2.05, 4.69) is 63.4 Å². The van der Waals surface area contributed by atoms with Crippen LogP contribution in [0.25, 0.3) is 11.1 Å². The van der Waals surface area contributed by atoms with Crippen molar-refractivity contribution in [2.75, 3.05) is 18.4 Å². The number of carbonyl (C=O) groups excluding carboxylic acids is 2. The molecule has 0 radical (unpaired) electrons. The molecule has 6 aliphatic carbocycles.